The molecule has 0 saturated carbocycles. The molecule has 25 heavy (non-hydrogen) atoms. The summed E-state index contributed by atoms with van der Waals surface area (Å²) in [6, 6.07) is 12.4. The predicted octanol–water partition coefficient (Wildman–Crippen LogP) is 3.78. The maximum absolute atomic E-state index is 6.10. The van der Waals surface area contributed by atoms with E-state index in [0.29, 0.717) is 11.1 Å². The first-order chi connectivity index (χ1) is 12.2. The molecular formula is C19H20ClN5. The van der Waals surface area contributed by atoms with E-state index in [1.54, 1.807) is 6.20 Å². The van der Waals surface area contributed by atoms with E-state index >= 15 is 0 Å². The van der Waals surface area contributed by atoms with Gasteiger partial charge in [-0.3, -0.25) is 4.98 Å². The lowest BCUT2D eigenvalue weighted by atomic mass is 10.1. The minimum absolute atomic E-state index is 0.428. The van der Waals surface area contributed by atoms with E-state index in [2.05, 4.69) is 38.1 Å². The summed E-state index contributed by atoms with van der Waals surface area (Å²) < 4.78 is 0. The fraction of sp³-hybridized carbons (Fsp3) is 0.316. The number of benzene rings is 1. The highest BCUT2D eigenvalue weighted by Crippen LogP contribution is 2.29. The molecule has 1 aliphatic heterocycles. The van der Waals surface area contributed by atoms with Crippen LogP contribution in [0.3, 0.4) is 0 Å². The molecule has 3 aromatic rings. The highest BCUT2D eigenvalue weighted by molar-refractivity contribution is 6.31. The molecule has 5 nitrogen and oxygen atoms in total. The second kappa shape index (κ2) is 6.84. The third kappa shape index (κ3) is 3.24. The van der Waals surface area contributed by atoms with Crippen LogP contribution in [-0.4, -0.2) is 41.4 Å². The third-order valence-corrected chi connectivity index (χ3v) is 5.04. The van der Waals surface area contributed by atoms with Crippen LogP contribution in [0.1, 0.15) is 12.8 Å². The van der Waals surface area contributed by atoms with Crippen LogP contribution in [0.25, 0.3) is 10.9 Å². The topological polar surface area (TPSA) is 45.2 Å². The molecule has 1 atom stereocenters. The van der Waals surface area contributed by atoms with E-state index in [9.17, 15) is 0 Å². The Labute approximate surface area is 152 Å². The monoisotopic (exact) mass is 353 g/mol. The lowest BCUT2D eigenvalue weighted by Gasteiger charge is -2.30. The molecule has 128 valence electrons. The number of anilines is 2. The Kier molecular flexibility index (Phi) is 4.40. The van der Waals surface area contributed by atoms with Crippen LogP contribution < -0.4 is 9.80 Å². The standard InChI is InChI=1S/C19H20ClN5/c1-24(18-8-10-21-17-12-14(20)6-7-16(17)18)13-15-4-3-11-25(15)19-5-2-9-22-23-19/h2,5-10,12,15H,3-4,11,13H2,1H3. The fourth-order valence-corrected chi connectivity index (χ4v) is 3.79. The van der Waals surface area contributed by atoms with Gasteiger partial charge in [-0.25, -0.2) is 0 Å². The van der Waals surface area contributed by atoms with E-state index in [0.717, 1.165) is 36.2 Å². The summed E-state index contributed by atoms with van der Waals surface area (Å²) in [6.45, 7) is 1.96. The number of halogens is 1. The number of likely N-dealkylation sites (N-methyl/N-ethyl adjacent to an activating group) is 1. The van der Waals surface area contributed by atoms with Crippen molar-refractivity contribution < 1.29 is 0 Å². The van der Waals surface area contributed by atoms with Gasteiger partial charge >= 0.3 is 0 Å². The zero-order valence-electron chi connectivity index (χ0n) is 14.1. The van der Waals surface area contributed by atoms with Crippen molar-refractivity contribution in [2.24, 2.45) is 0 Å². The summed E-state index contributed by atoms with van der Waals surface area (Å²) in [7, 11) is 2.14. The van der Waals surface area contributed by atoms with Gasteiger partial charge in [0.25, 0.3) is 0 Å². The van der Waals surface area contributed by atoms with Crippen LogP contribution in [0.4, 0.5) is 11.5 Å². The average Bonchev–Trinajstić information content (AvgIpc) is 3.09. The molecule has 0 spiro atoms. The van der Waals surface area contributed by atoms with E-state index in [4.69, 9.17) is 11.6 Å². The van der Waals surface area contributed by atoms with Crippen LogP contribution in [-0.2, 0) is 0 Å². The van der Waals surface area contributed by atoms with Crippen LogP contribution in [0, 0.1) is 0 Å². The minimum Gasteiger partial charge on any atom is -0.372 e. The van der Waals surface area contributed by atoms with Gasteiger partial charge in [-0.2, -0.15) is 5.10 Å². The number of fused-ring (bicyclic) bond motifs is 1. The Bertz CT molecular complexity index is 870. The van der Waals surface area contributed by atoms with Crippen LogP contribution >= 0.6 is 11.6 Å². The lowest BCUT2D eigenvalue weighted by Crippen LogP contribution is -2.39. The molecule has 0 N–H and O–H groups in total. The highest BCUT2D eigenvalue weighted by Gasteiger charge is 2.27. The molecule has 1 aromatic carbocycles. The van der Waals surface area contributed by atoms with Gasteiger partial charge < -0.3 is 9.80 Å². The number of rotatable bonds is 4. The molecule has 0 bridgehead atoms. The van der Waals surface area contributed by atoms with Gasteiger partial charge in [0.2, 0.25) is 0 Å². The van der Waals surface area contributed by atoms with Gasteiger partial charge in [-0.05, 0) is 49.2 Å². The summed E-state index contributed by atoms with van der Waals surface area (Å²) in [6.07, 6.45) is 5.91. The first-order valence-corrected chi connectivity index (χ1v) is 8.90. The molecule has 1 unspecified atom stereocenters. The van der Waals surface area contributed by atoms with Gasteiger partial charge in [0.05, 0.1) is 5.52 Å². The number of hydrogen-bond donors (Lipinski definition) is 0. The van der Waals surface area contributed by atoms with Crippen molar-refractivity contribution in [2.75, 3.05) is 29.9 Å². The molecule has 6 heteroatoms. The molecule has 4 rings (SSSR count). The Hall–Kier alpha value is -2.40. The summed E-state index contributed by atoms with van der Waals surface area (Å²) in [5.74, 6) is 0.963. The van der Waals surface area contributed by atoms with Crippen molar-refractivity contribution in [1.82, 2.24) is 15.2 Å². The largest absolute Gasteiger partial charge is 0.372 e. The van der Waals surface area contributed by atoms with E-state index in [1.165, 1.54) is 12.1 Å². The summed E-state index contributed by atoms with van der Waals surface area (Å²) >= 11 is 6.10. The number of pyridine rings is 1. The van der Waals surface area contributed by atoms with E-state index in [1.807, 2.05) is 36.5 Å². The summed E-state index contributed by atoms with van der Waals surface area (Å²) in [5.41, 5.74) is 2.10. The maximum Gasteiger partial charge on any atom is 0.151 e. The normalized spacial score (nSPS) is 17.2. The molecule has 0 amide bonds. The second-order valence-electron chi connectivity index (χ2n) is 6.44. The third-order valence-electron chi connectivity index (χ3n) is 4.81. The Morgan fingerprint density at radius 3 is 3.00 bits per heavy atom. The number of hydrogen-bond acceptors (Lipinski definition) is 5. The Balaban J connectivity index is 1.59. The van der Waals surface area contributed by atoms with Crippen LogP contribution in [0.15, 0.2) is 48.8 Å². The van der Waals surface area contributed by atoms with Crippen LogP contribution in [0.2, 0.25) is 5.02 Å². The highest BCUT2D eigenvalue weighted by atomic mass is 35.5. The second-order valence-corrected chi connectivity index (χ2v) is 6.88. The first-order valence-electron chi connectivity index (χ1n) is 8.52. The first kappa shape index (κ1) is 16.1. The van der Waals surface area contributed by atoms with Crippen LogP contribution in [0.5, 0.6) is 0 Å². The average molecular weight is 354 g/mol. The maximum atomic E-state index is 6.10. The molecule has 3 heterocycles. The molecule has 0 radical (unpaired) electrons. The number of nitrogens with zero attached hydrogens (tertiary/aromatic N) is 5. The quantitative estimate of drug-likeness (QED) is 0.714. The Morgan fingerprint density at radius 2 is 2.16 bits per heavy atom. The molecule has 1 aliphatic rings. The molecule has 1 fully saturated rings. The fourth-order valence-electron chi connectivity index (χ4n) is 3.63. The molecule has 2 aromatic heterocycles. The zero-order valence-corrected chi connectivity index (χ0v) is 14.9. The van der Waals surface area contributed by atoms with Crippen molar-refractivity contribution in [3.05, 3.63) is 53.8 Å². The minimum atomic E-state index is 0.428. The van der Waals surface area contributed by atoms with Crippen molar-refractivity contribution >= 4 is 34.0 Å². The molecule has 0 aliphatic carbocycles. The van der Waals surface area contributed by atoms with Gasteiger partial charge in [0, 0.05) is 54.7 Å². The van der Waals surface area contributed by atoms with E-state index in [-0.39, 0.29) is 0 Å². The van der Waals surface area contributed by atoms with Gasteiger partial charge in [0.1, 0.15) is 0 Å². The van der Waals surface area contributed by atoms with Crippen molar-refractivity contribution in [3.63, 3.8) is 0 Å². The van der Waals surface area contributed by atoms with Crippen molar-refractivity contribution in [1.29, 1.82) is 0 Å². The van der Waals surface area contributed by atoms with Crippen molar-refractivity contribution in [2.45, 2.75) is 18.9 Å². The summed E-state index contributed by atoms with van der Waals surface area (Å²) in [4.78, 5) is 9.11. The summed E-state index contributed by atoms with van der Waals surface area (Å²) in [5, 5.41) is 10.1. The lowest BCUT2D eigenvalue weighted by molar-refractivity contribution is 0.647. The Morgan fingerprint density at radius 1 is 1.24 bits per heavy atom. The van der Waals surface area contributed by atoms with E-state index < -0.39 is 0 Å². The van der Waals surface area contributed by atoms with Gasteiger partial charge in [-0.15, -0.1) is 5.10 Å². The number of aromatic nitrogens is 3. The van der Waals surface area contributed by atoms with Gasteiger partial charge in [0.15, 0.2) is 5.82 Å². The smallest absolute Gasteiger partial charge is 0.151 e. The zero-order chi connectivity index (χ0) is 17.2. The van der Waals surface area contributed by atoms with Crippen molar-refractivity contribution in [3.8, 4) is 0 Å². The SMILES string of the molecule is CN(CC1CCCN1c1cccnn1)c1ccnc2cc(Cl)ccc12. The molecular weight excluding hydrogens is 334 g/mol. The molecule has 1 saturated heterocycles. The predicted molar refractivity (Wildman–Crippen MR) is 102 cm³/mol. The van der Waals surface area contributed by atoms with Gasteiger partial charge in [-0.1, -0.05) is 11.6 Å².